The van der Waals surface area contributed by atoms with Crippen molar-refractivity contribution in [2.75, 3.05) is 26.0 Å². The standard InChI is InChI=1S/C26H26ClF4N3O4S.C2H6/c1-39(36,37)33-25(35)20-10-19(16-2-3-16)24(11-23(20)28)38-14-15-4-6-34(7-5-15)13-17-8-18(26(29,30)31)9-22(27)21(17)12-32;1-2/h8-11,15-16H,2-7,13-14H2,1H3,(H,33,35);1-2H3. The lowest BCUT2D eigenvalue weighted by molar-refractivity contribution is -0.137. The van der Waals surface area contributed by atoms with Gasteiger partial charge in [-0.25, -0.2) is 17.5 Å². The van der Waals surface area contributed by atoms with E-state index >= 15 is 0 Å². The summed E-state index contributed by atoms with van der Waals surface area (Å²) in [4.78, 5) is 14.2. The highest BCUT2D eigenvalue weighted by Crippen LogP contribution is 2.45. The summed E-state index contributed by atoms with van der Waals surface area (Å²) in [5.74, 6) is -1.42. The molecule has 2 aromatic carbocycles. The van der Waals surface area contributed by atoms with Crippen LogP contribution in [0.5, 0.6) is 5.75 Å². The average molecular weight is 618 g/mol. The highest BCUT2D eigenvalue weighted by molar-refractivity contribution is 7.89. The van der Waals surface area contributed by atoms with Gasteiger partial charge in [0.25, 0.3) is 5.91 Å². The number of likely N-dealkylation sites (tertiary alicyclic amines) is 1. The Morgan fingerprint density at radius 2 is 1.78 bits per heavy atom. The second-order valence-corrected chi connectivity index (χ2v) is 12.1. The third-order valence-electron chi connectivity index (χ3n) is 6.83. The van der Waals surface area contributed by atoms with E-state index in [0.29, 0.717) is 37.2 Å². The molecule has 41 heavy (non-hydrogen) atoms. The van der Waals surface area contributed by atoms with Crippen LogP contribution in [-0.2, 0) is 22.7 Å². The first-order chi connectivity index (χ1) is 19.2. The molecule has 1 saturated carbocycles. The van der Waals surface area contributed by atoms with Gasteiger partial charge in [-0.05, 0) is 79.9 Å². The second kappa shape index (κ2) is 13.4. The summed E-state index contributed by atoms with van der Waals surface area (Å²) in [6, 6.07) is 6.08. The van der Waals surface area contributed by atoms with Gasteiger partial charge in [-0.1, -0.05) is 25.4 Å². The number of alkyl halides is 3. The number of benzene rings is 2. The third kappa shape index (κ3) is 8.80. The number of piperidine rings is 1. The number of nitrogens with zero attached hydrogens (tertiary/aromatic N) is 2. The average Bonchev–Trinajstić information content (AvgIpc) is 3.73. The third-order valence-corrected chi connectivity index (χ3v) is 7.68. The van der Waals surface area contributed by atoms with Crippen LogP contribution >= 0.6 is 11.6 Å². The zero-order valence-electron chi connectivity index (χ0n) is 22.9. The lowest BCUT2D eigenvalue weighted by Crippen LogP contribution is -2.35. The Hall–Kier alpha value is -2.88. The van der Waals surface area contributed by atoms with Gasteiger partial charge in [0, 0.05) is 12.6 Å². The molecule has 1 amide bonds. The second-order valence-electron chi connectivity index (χ2n) is 9.98. The molecule has 224 valence electrons. The fourth-order valence-corrected chi connectivity index (χ4v) is 5.37. The van der Waals surface area contributed by atoms with Gasteiger partial charge in [0.2, 0.25) is 10.0 Å². The zero-order chi connectivity index (χ0) is 30.5. The van der Waals surface area contributed by atoms with Gasteiger partial charge in [-0.3, -0.25) is 9.69 Å². The number of rotatable bonds is 8. The molecular formula is C28H32ClF4N3O4S. The molecule has 2 fully saturated rings. The molecular weight excluding hydrogens is 586 g/mol. The van der Waals surface area contributed by atoms with Crippen molar-refractivity contribution in [1.82, 2.24) is 9.62 Å². The van der Waals surface area contributed by atoms with Gasteiger partial charge < -0.3 is 4.74 Å². The van der Waals surface area contributed by atoms with Crippen LogP contribution in [0.25, 0.3) is 0 Å². The zero-order valence-corrected chi connectivity index (χ0v) is 24.5. The van der Waals surface area contributed by atoms with Crippen LogP contribution in [0.15, 0.2) is 24.3 Å². The largest absolute Gasteiger partial charge is 0.493 e. The van der Waals surface area contributed by atoms with Crippen LogP contribution in [0.3, 0.4) is 0 Å². The molecule has 1 heterocycles. The van der Waals surface area contributed by atoms with E-state index in [1.807, 2.05) is 24.8 Å². The van der Waals surface area contributed by atoms with Crippen LogP contribution in [0.1, 0.15) is 78.1 Å². The number of ether oxygens (including phenoxy) is 1. The first-order valence-electron chi connectivity index (χ1n) is 13.3. The van der Waals surface area contributed by atoms with Gasteiger partial charge in [0.1, 0.15) is 17.6 Å². The predicted octanol–water partition coefficient (Wildman–Crippen LogP) is 6.25. The van der Waals surface area contributed by atoms with E-state index in [1.54, 1.807) is 4.72 Å². The van der Waals surface area contributed by atoms with Crippen LogP contribution in [0.4, 0.5) is 17.6 Å². The highest BCUT2D eigenvalue weighted by Gasteiger charge is 2.33. The molecule has 0 unspecified atom stereocenters. The summed E-state index contributed by atoms with van der Waals surface area (Å²) in [6.07, 6.45) is -0.735. The van der Waals surface area contributed by atoms with Gasteiger partial charge in [-0.2, -0.15) is 18.4 Å². The Labute approximate surface area is 242 Å². The fraction of sp³-hybridized carbons (Fsp3) is 0.500. The van der Waals surface area contributed by atoms with Crippen LogP contribution in [0.2, 0.25) is 5.02 Å². The van der Waals surface area contributed by atoms with E-state index < -0.39 is 33.5 Å². The lowest BCUT2D eigenvalue weighted by Gasteiger charge is -2.32. The molecule has 0 aromatic heterocycles. The Balaban J connectivity index is 0.00000226. The van der Waals surface area contributed by atoms with Crippen molar-refractivity contribution < 1.29 is 35.5 Å². The number of nitriles is 1. The van der Waals surface area contributed by atoms with E-state index in [9.17, 15) is 36.0 Å². The number of hydrogen-bond donors (Lipinski definition) is 1. The maximum atomic E-state index is 14.7. The summed E-state index contributed by atoms with van der Waals surface area (Å²) in [6.45, 7) is 5.54. The van der Waals surface area contributed by atoms with E-state index in [-0.39, 0.29) is 46.7 Å². The number of sulfonamides is 1. The minimum Gasteiger partial charge on any atom is -0.493 e. The van der Waals surface area contributed by atoms with Crippen molar-refractivity contribution in [3.05, 3.63) is 62.9 Å². The van der Waals surface area contributed by atoms with Gasteiger partial charge in [0.15, 0.2) is 0 Å². The number of carbonyl (C=O) groups excluding carboxylic acids is 1. The maximum absolute atomic E-state index is 14.7. The number of carbonyl (C=O) groups is 1. The molecule has 2 aliphatic rings. The predicted molar refractivity (Wildman–Crippen MR) is 147 cm³/mol. The normalized spacial score (nSPS) is 16.4. The van der Waals surface area contributed by atoms with Gasteiger partial charge in [0.05, 0.1) is 34.6 Å². The Kier molecular flexibility index (Phi) is 10.7. The molecule has 2 aromatic rings. The van der Waals surface area contributed by atoms with E-state index in [0.717, 1.165) is 37.3 Å². The Morgan fingerprint density at radius 1 is 1.15 bits per heavy atom. The highest BCUT2D eigenvalue weighted by atomic mass is 35.5. The van der Waals surface area contributed by atoms with Crippen LogP contribution in [-0.4, -0.2) is 45.2 Å². The molecule has 0 spiro atoms. The van der Waals surface area contributed by atoms with Crippen LogP contribution < -0.4 is 9.46 Å². The van der Waals surface area contributed by atoms with Crippen molar-refractivity contribution in [2.24, 2.45) is 5.92 Å². The Bertz CT molecular complexity index is 1410. The summed E-state index contributed by atoms with van der Waals surface area (Å²) < 4.78 is 84.9. The maximum Gasteiger partial charge on any atom is 0.416 e. The number of amides is 1. The molecule has 13 heteroatoms. The topological polar surface area (TPSA) is 99.5 Å². The summed E-state index contributed by atoms with van der Waals surface area (Å²) >= 11 is 5.95. The molecule has 7 nitrogen and oxygen atoms in total. The van der Waals surface area contributed by atoms with Gasteiger partial charge in [-0.15, -0.1) is 0 Å². The monoisotopic (exact) mass is 617 g/mol. The molecule has 1 N–H and O–H groups in total. The van der Waals surface area contributed by atoms with Crippen molar-refractivity contribution in [3.63, 3.8) is 0 Å². The minimum absolute atomic E-state index is 0.0263. The van der Waals surface area contributed by atoms with Crippen molar-refractivity contribution in [2.45, 2.75) is 58.2 Å². The summed E-state index contributed by atoms with van der Waals surface area (Å²) in [7, 11) is -3.85. The quantitative estimate of drug-likeness (QED) is 0.351. The first-order valence-corrected chi connectivity index (χ1v) is 15.5. The van der Waals surface area contributed by atoms with Crippen molar-refractivity contribution >= 4 is 27.5 Å². The number of hydrogen-bond acceptors (Lipinski definition) is 6. The van der Waals surface area contributed by atoms with Crippen LogP contribution in [0, 0.1) is 23.1 Å². The number of halogens is 5. The summed E-state index contributed by atoms with van der Waals surface area (Å²) in [5.41, 5.74) is -0.370. The van der Waals surface area contributed by atoms with Crippen molar-refractivity contribution in [1.29, 1.82) is 5.26 Å². The van der Waals surface area contributed by atoms with E-state index in [2.05, 4.69) is 0 Å². The first kappa shape index (κ1) is 32.6. The number of nitrogens with one attached hydrogen (secondary N) is 1. The molecule has 1 aliphatic heterocycles. The van der Waals surface area contributed by atoms with Crippen molar-refractivity contribution in [3.8, 4) is 11.8 Å². The molecule has 0 bridgehead atoms. The Morgan fingerprint density at radius 3 is 2.32 bits per heavy atom. The lowest BCUT2D eigenvalue weighted by atomic mass is 9.96. The molecule has 0 atom stereocenters. The minimum atomic E-state index is -4.58. The summed E-state index contributed by atoms with van der Waals surface area (Å²) in [5, 5.41) is 9.17. The molecule has 4 rings (SSSR count). The van der Waals surface area contributed by atoms with E-state index in [4.69, 9.17) is 16.3 Å². The SMILES string of the molecule is CC.CS(=O)(=O)NC(=O)c1cc(C2CC2)c(OCC2CCN(Cc3cc(C(F)(F)F)cc(Cl)c3C#N)CC2)cc1F. The fourth-order valence-electron chi connectivity index (χ4n) is 4.64. The smallest absolute Gasteiger partial charge is 0.416 e. The molecule has 0 radical (unpaired) electrons. The van der Waals surface area contributed by atoms with E-state index in [1.165, 1.54) is 6.07 Å². The molecule has 1 saturated heterocycles. The van der Waals surface area contributed by atoms with Gasteiger partial charge >= 0.3 is 6.18 Å². The molecule has 1 aliphatic carbocycles.